The van der Waals surface area contributed by atoms with Gasteiger partial charge < -0.3 is 10.6 Å². The smallest absolute Gasteiger partial charge is 0.330 e. The molecule has 0 saturated carbocycles. The molecular weight excluding hydrogens is 364 g/mol. The maximum Gasteiger partial charge on any atom is 0.330 e. The van der Waals surface area contributed by atoms with Gasteiger partial charge in [-0.15, -0.1) is 11.3 Å². The fraction of sp³-hybridized carbons (Fsp3) is 0.526. The van der Waals surface area contributed by atoms with E-state index in [4.69, 9.17) is 5.73 Å². The van der Waals surface area contributed by atoms with E-state index >= 15 is 0 Å². The number of nitrogens with one attached hydrogen (secondary N) is 1. The number of aryl methyl sites for hydroxylation is 1. The lowest BCUT2D eigenvalue weighted by Crippen LogP contribution is -2.43. The topological polar surface area (TPSA) is 101 Å². The summed E-state index contributed by atoms with van der Waals surface area (Å²) < 4.78 is 1.33. The average molecular weight is 393 g/mol. The molecule has 0 aliphatic carbocycles. The minimum Gasteiger partial charge on any atom is -0.383 e. The summed E-state index contributed by atoms with van der Waals surface area (Å²) in [5, 5.41) is 1.97. The lowest BCUT2D eigenvalue weighted by molar-refractivity contribution is -0.118. The van der Waals surface area contributed by atoms with Crippen LogP contribution in [0.25, 0.3) is 0 Å². The quantitative estimate of drug-likeness (QED) is 0.720. The van der Waals surface area contributed by atoms with Gasteiger partial charge in [-0.05, 0) is 29.7 Å². The van der Waals surface area contributed by atoms with E-state index in [0.29, 0.717) is 19.5 Å². The van der Waals surface area contributed by atoms with Gasteiger partial charge in [-0.1, -0.05) is 33.8 Å². The number of nitrogen functional groups attached to an aromatic ring is 1. The standard InChI is InChI=1S/C19H28N4O3S/c1-12(2)10-22(15(24)8-7-14-6-5-9-27-14)16-17(20)23(11-13(3)4)19(26)21-18(16)25/h5-6,9,12-13H,7-8,10-11,20H2,1-4H3,(H,21,25,26). The van der Waals surface area contributed by atoms with Crippen LogP contribution in [0.1, 0.15) is 39.0 Å². The first kappa shape index (κ1) is 21.0. The Morgan fingerprint density at radius 1 is 1.26 bits per heavy atom. The van der Waals surface area contributed by atoms with E-state index < -0.39 is 11.2 Å². The average Bonchev–Trinajstić information content (AvgIpc) is 3.08. The molecule has 0 saturated heterocycles. The number of anilines is 2. The number of carbonyl (C=O) groups excluding carboxylic acids is 1. The van der Waals surface area contributed by atoms with Crippen LogP contribution in [0.3, 0.4) is 0 Å². The Balaban J connectivity index is 2.41. The Hall–Kier alpha value is -2.35. The molecule has 2 heterocycles. The van der Waals surface area contributed by atoms with Crippen LogP contribution in [0.5, 0.6) is 0 Å². The van der Waals surface area contributed by atoms with Crippen LogP contribution in [0.2, 0.25) is 0 Å². The molecule has 8 heteroatoms. The summed E-state index contributed by atoms with van der Waals surface area (Å²) in [7, 11) is 0. The highest BCUT2D eigenvalue weighted by molar-refractivity contribution is 7.09. The molecule has 0 radical (unpaired) electrons. The molecule has 0 atom stereocenters. The molecular formula is C19H28N4O3S. The van der Waals surface area contributed by atoms with Crippen molar-refractivity contribution >= 4 is 28.7 Å². The van der Waals surface area contributed by atoms with Crippen LogP contribution >= 0.6 is 11.3 Å². The van der Waals surface area contributed by atoms with Crippen LogP contribution < -0.4 is 21.9 Å². The zero-order valence-corrected chi connectivity index (χ0v) is 17.1. The molecule has 2 aromatic heterocycles. The Labute approximate surface area is 162 Å². The van der Waals surface area contributed by atoms with Gasteiger partial charge in [0, 0.05) is 24.4 Å². The van der Waals surface area contributed by atoms with Crippen molar-refractivity contribution in [1.82, 2.24) is 9.55 Å². The first-order valence-electron chi connectivity index (χ1n) is 9.16. The number of hydrogen-bond donors (Lipinski definition) is 2. The zero-order valence-electron chi connectivity index (χ0n) is 16.3. The first-order valence-corrected chi connectivity index (χ1v) is 10.0. The third-order valence-electron chi connectivity index (χ3n) is 4.05. The molecule has 0 bridgehead atoms. The van der Waals surface area contributed by atoms with Gasteiger partial charge in [0.2, 0.25) is 5.91 Å². The summed E-state index contributed by atoms with van der Waals surface area (Å²) in [6.07, 6.45) is 0.879. The minimum atomic E-state index is -0.623. The number of carbonyl (C=O) groups is 1. The largest absolute Gasteiger partial charge is 0.383 e. The Morgan fingerprint density at radius 2 is 1.96 bits per heavy atom. The zero-order chi connectivity index (χ0) is 20.1. The summed E-state index contributed by atoms with van der Waals surface area (Å²) in [4.78, 5) is 42.5. The molecule has 0 aliphatic heterocycles. The molecule has 0 unspecified atom stereocenters. The van der Waals surface area contributed by atoms with Crippen molar-refractivity contribution in [3.63, 3.8) is 0 Å². The lowest BCUT2D eigenvalue weighted by Gasteiger charge is -2.26. The third kappa shape index (κ3) is 5.32. The third-order valence-corrected chi connectivity index (χ3v) is 4.98. The second kappa shape index (κ2) is 9.03. The number of hydrogen-bond acceptors (Lipinski definition) is 5. The van der Waals surface area contributed by atoms with Gasteiger partial charge in [0.25, 0.3) is 5.56 Å². The first-order chi connectivity index (χ1) is 12.7. The predicted octanol–water partition coefficient (Wildman–Crippen LogP) is 2.46. The van der Waals surface area contributed by atoms with Gasteiger partial charge in [0.15, 0.2) is 5.69 Å². The second-order valence-corrected chi connectivity index (χ2v) is 8.51. The Morgan fingerprint density at radius 3 is 2.52 bits per heavy atom. The predicted molar refractivity (Wildman–Crippen MR) is 110 cm³/mol. The van der Waals surface area contributed by atoms with E-state index in [0.717, 1.165) is 4.88 Å². The number of aromatic nitrogens is 2. The summed E-state index contributed by atoms with van der Waals surface area (Å²) in [5.41, 5.74) is 5.09. The fourth-order valence-electron chi connectivity index (χ4n) is 2.89. The van der Waals surface area contributed by atoms with E-state index in [-0.39, 0.29) is 35.7 Å². The summed E-state index contributed by atoms with van der Waals surface area (Å²) in [5.74, 6) is 0.170. The number of nitrogens with zero attached hydrogens (tertiary/aromatic N) is 2. The highest BCUT2D eigenvalue weighted by atomic mass is 32.1. The monoisotopic (exact) mass is 392 g/mol. The molecule has 3 N–H and O–H groups in total. The van der Waals surface area contributed by atoms with Crippen molar-refractivity contribution in [2.75, 3.05) is 17.2 Å². The number of aromatic amines is 1. The maximum atomic E-state index is 12.9. The van der Waals surface area contributed by atoms with E-state index in [1.54, 1.807) is 11.3 Å². The number of rotatable bonds is 8. The van der Waals surface area contributed by atoms with E-state index in [1.165, 1.54) is 9.47 Å². The molecule has 148 valence electrons. The van der Waals surface area contributed by atoms with E-state index in [9.17, 15) is 14.4 Å². The van der Waals surface area contributed by atoms with Gasteiger partial charge in [-0.2, -0.15) is 0 Å². The van der Waals surface area contributed by atoms with E-state index in [1.807, 2.05) is 45.2 Å². The number of H-pyrrole nitrogens is 1. The molecule has 27 heavy (non-hydrogen) atoms. The minimum absolute atomic E-state index is 0.0440. The van der Waals surface area contributed by atoms with Crippen molar-refractivity contribution in [2.45, 2.75) is 47.1 Å². The molecule has 0 aliphatic rings. The fourth-order valence-corrected chi connectivity index (χ4v) is 3.60. The van der Waals surface area contributed by atoms with E-state index in [2.05, 4.69) is 4.98 Å². The lowest BCUT2D eigenvalue weighted by atomic mass is 10.1. The number of thiophene rings is 1. The number of amides is 1. The van der Waals surface area contributed by atoms with Gasteiger partial charge in [0.1, 0.15) is 5.82 Å². The van der Waals surface area contributed by atoms with Gasteiger partial charge in [0.05, 0.1) is 0 Å². The SMILES string of the molecule is CC(C)CN(C(=O)CCc1cccs1)c1c(N)n(CC(C)C)c(=O)[nH]c1=O. The van der Waals surface area contributed by atoms with Crippen molar-refractivity contribution in [3.8, 4) is 0 Å². The molecule has 0 aromatic carbocycles. The maximum absolute atomic E-state index is 12.9. The van der Waals surface area contributed by atoms with Gasteiger partial charge >= 0.3 is 5.69 Å². The van der Waals surface area contributed by atoms with Crippen LogP contribution in [0, 0.1) is 11.8 Å². The van der Waals surface area contributed by atoms with Crippen LogP contribution in [0.4, 0.5) is 11.5 Å². The highest BCUT2D eigenvalue weighted by Crippen LogP contribution is 2.21. The van der Waals surface area contributed by atoms with Crippen molar-refractivity contribution in [3.05, 3.63) is 43.2 Å². The molecule has 2 aromatic rings. The molecule has 2 rings (SSSR count). The normalized spacial score (nSPS) is 11.3. The van der Waals surface area contributed by atoms with Crippen molar-refractivity contribution in [1.29, 1.82) is 0 Å². The van der Waals surface area contributed by atoms with Crippen molar-refractivity contribution in [2.24, 2.45) is 11.8 Å². The summed E-state index contributed by atoms with van der Waals surface area (Å²) >= 11 is 1.60. The van der Waals surface area contributed by atoms with Crippen LogP contribution in [-0.2, 0) is 17.8 Å². The van der Waals surface area contributed by atoms with Gasteiger partial charge in [-0.3, -0.25) is 19.1 Å². The van der Waals surface area contributed by atoms with Crippen molar-refractivity contribution < 1.29 is 4.79 Å². The van der Waals surface area contributed by atoms with Crippen LogP contribution in [0.15, 0.2) is 27.1 Å². The molecule has 0 spiro atoms. The van der Waals surface area contributed by atoms with Crippen LogP contribution in [-0.4, -0.2) is 22.0 Å². The summed E-state index contributed by atoms with van der Waals surface area (Å²) in [6, 6.07) is 3.93. The second-order valence-electron chi connectivity index (χ2n) is 7.48. The van der Waals surface area contributed by atoms with Gasteiger partial charge in [-0.25, -0.2) is 4.79 Å². The highest BCUT2D eigenvalue weighted by Gasteiger charge is 2.25. The molecule has 1 amide bonds. The Kier molecular flexibility index (Phi) is 7.01. The number of nitrogens with two attached hydrogens (primary N) is 1. The Bertz CT molecular complexity index is 881. The molecule has 7 nitrogen and oxygen atoms in total. The summed E-state index contributed by atoms with van der Waals surface area (Å²) in [6.45, 7) is 8.56. The molecule has 0 fully saturated rings.